The molecule has 9 heteroatoms. The molecule has 0 unspecified atom stereocenters. The van der Waals surface area contributed by atoms with Gasteiger partial charge in [0.25, 0.3) is 11.1 Å². The lowest BCUT2D eigenvalue weighted by molar-refractivity contribution is -0.115. The Bertz CT molecular complexity index is 1290. The number of ether oxygens (including phenoxy) is 1. The molecule has 6 rings (SSSR count). The van der Waals surface area contributed by atoms with Crippen LogP contribution in [0.1, 0.15) is 18.4 Å². The number of nitrogens with zero attached hydrogens (tertiary/aromatic N) is 4. The van der Waals surface area contributed by atoms with Gasteiger partial charge in [0.15, 0.2) is 0 Å². The van der Waals surface area contributed by atoms with E-state index in [4.69, 9.17) is 4.74 Å². The fourth-order valence-electron chi connectivity index (χ4n) is 5.15. The van der Waals surface area contributed by atoms with Crippen LogP contribution in [0.3, 0.4) is 0 Å². The predicted octanol–water partition coefficient (Wildman–Crippen LogP) is 3.65. The van der Waals surface area contributed by atoms with E-state index < -0.39 is 0 Å². The largest absolute Gasteiger partial charge is 0.379 e. The molecule has 4 heterocycles. The number of imide groups is 1. The fraction of sp³-hybridized carbons (Fsp3) is 0.346. The second-order valence-corrected chi connectivity index (χ2v) is 10.1. The first-order valence-corrected chi connectivity index (χ1v) is 12.8. The molecule has 0 aliphatic carbocycles. The Labute approximate surface area is 207 Å². The maximum Gasteiger partial charge on any atom is 0.290 e. The summed E-state index contributed by atoms with van der Waals surface area (Å²) in [4.78, 5) is 33.4. The van der Waals surface area contributed by atoms with Crippen LogP contribution in [-0.2, 0) is 9.53 Å². The molecule has 2 aromatic carbocycles. The average Bonchev–Trinajstić information content (AvgIpc) is 3.46. The second kappa shape index (κ2) is 9.49. The SMILES string of the molecule is O=C1NC(=O)/C(=C/c2ccc3ncn(-c4ccc(N5CCC(N6CCOCC6)CC5)cc4)c3c2)S1. The number of hydrogen-bond donors (Lipinski definition) is 1. The van der Waals surface area contributed by atoms with Gasteiger partial charge < -0.3 is 9.64 Å². The number of imidazole rings is 1. The molecular formula is C26H27N5O3S. The van der Waals surface area contributed by atoms with Gasteiger partial charge in [0.05, 0.1) is 29.2 Å². The number of nitrogens with one attached hydrogen (secondary N) is 1. The minimum atomic E-state index is -0.349. The third-order valence-electron chi connectivity index (χ3n) is 7.03. The Morgan fingerprint density at radius 1 is 0.971 bits per heavy atom. The highest BCUT2D eigenvalue weighted by molar-refractivity contribution is 8.18. The van der Waals surface area contributed by atoms with Crippen molar-refractivity contribution in [2.24, 2.45) is 0 Å². The van der Waals surface area contributed by atoms with Crippen molar-refractivity contribution < 1.29 is 14.3 Å². The van der Waals surface area contributed by atoms with Crippen LogP contribution in [-0.4, -0.2) is 71.0 Å². The summed E-state index contributed by atoms with van der Waals surface area (Å²) in [7, 11) is 0. The van der Waals surface area contributed by atoms with E-state index in [-0.39, 0.29) is 11.1 Å². The second-order valence-electron chi connectivity index (χ2n) is 9.10. The van der Waals surface area contributed by atoms with Crippen molar-refractivity contribution in [2.75, 3.05) is 44.3 Å². The van der Waals surface area contributed by atoms with Crippen molar-refractivity contribution in [3.8, 4) is 5.69 Å². The number of rotatable bonds is 4. The molecule has 0 bridgehead atoms. The molecule has 1 N–H and O–H groups in total. The van der Waals surface area contributed by atoms with E-state index in [1.807, 2.05) is 24.5 Å². The van der Waals surface area contributed by atoms with Crippen molar-refractivity contribution in [2.45, 2.75) is 18.9 Å². The molecule has 180 valence electrons. The van der Waals surface area contributed by atoms with Crippen LogP contribution >= 0.6 is 11.8 Å². The molecular weight excluding hydrogens is 462 g/mol. The lowest BCUT2D eigenvalue weighted by atomic mass is 10.0. The zero-order valence-electron chi connectivity index (χ0n) is 19.4. The summed E-state index contributed by atoms with van der Waals surface area (Å²) < 4.78 is 7.56. The third-order valence-corrected chi connectivity index (χ3v) is 7.84. The molecule has 8 nitrogen and oxygen atoms in total. The first kappa shape index (κ1) is 22.3. The standard InChI is InChI=1S/C26H27N5O3S/c32-25-24(35-26(33)28-25)16-18-1-6-22-23(15-18)31(17-27-22)21-4-2-19(3-5-21)29-9-7-20(8-10-29)30-11-13-34-14-12-30/h1-6,15-17,20H,7-14H2,(H,28,32,33)/b24-16-. The molecule has 2 amide bonds. The van der Waals surface area contributed by atoms with Crippen LogP contribution in [0.15, 0.2) is 53.7 Å². The lowest BCUT2D eigenvalue weighted by Crippen LogP contribution is -2.49. The van der Waals surface area contributed by atoms with Crippen LogP contribution in [0.25, 0.3) is 22.8 Å². The van der Waals surface area contributed by atoms with Crippen LogP contribution in [0.4, 0.5) is 10.5 Å². The summed E-state index contributed by atoms with van der Waals surface area (Å²) in [5.74, 6) is -0.349. The van der Waals surface area contributed by atoms with E-state index in [0.717, 1.165) is 73.4 Å². The predicted molar refractivity (Wildman–Crippen MR) is 138 cm³/mol. The number of hydrogen-bond acceptors (Lipinski definition) is 7. The van der Waals surface area contributed by atoms with Crippen molar-refractivity contribution in [1.82, 2.24) is 19.8 Å². The normalized spacial score (nSPS) is 21.3. The van der Waals surface area contributed by atoms with Crippen LogP contribution in [0, 0.1) is 0 Å². The Morgan fingerprint density at radius 2 is 1.71 bits per heavy atom. The quantitative estimate of drug-likeness (QED) is 0.561. The van der Waals surface area contributed by atoms with Gasteiger partial charge in [-0.2, -0.15) is 0 Å². The molecule has 0 atom stereocenters. The Hall–Kier alpha value is -3.14. The van der Waals surface area contributed by atoms with Crippen LogP contribution < -0.4 is 10.2 Å². The molecule has 1 aromatic heterocycles. The fourth-order valence-corrected chi connectivity index (χ4v) is 5.83. The van der Waals surface area contributed by atoms with E-state index in [1.165, 1.54) is 18.5 Å². The zero-order chi connectivity index (χ0) is 23.8. The molecule has 3 fully saturated rings. The van der Waals surface area contributed by atoms with Crippen molar-refractivity contribution >= 4 is 45.7 Å². The molecule has 0 radical (unpaired) electrons. The van der Waals surface area contributed by atoms with Crippen LogP contribution in [0.5, 0.6) is 0 Å². The number of carbonyl (C=O) groups excluding carboxylic acids is 2. The van der Waals surface area contributed by atoms with Crippen molar-refractivity contribution in [3.05, 3.63) is 59.3 Å². The number of fused-ring (bicyclic) bond motifs is 1. The summed E-state index contributed by atoms with van der Waals surface area (Å²) in [5.41, 5.74) is 4.96. The summed E-state index contributed by atoms with van der Waals surface area (Å²) in [6, 6.07) is 15.2. The molecule has 0 spiro atoms. The van der Waals surface area contributed by atoms with E-state index >= 15 is 0 Å². The Balaban J connectivity index is 1.18. The highest BCUT2D eigenvalue weighted by Crippen LogP contribution is 2.28. The number of aromatic nitrogens is 2. The van der Waals surface area contributed by atoms with Crippen LogP contribution in [0.2, 0.25) is 0 Å². The summed E-state index contributed by atoms with van der Waals surface area (Å²) in [6.07, 6.45) is 5.94. The average molecular weight is 490 g/mol. The van der Waals surface area contributed by atoms with Crippen molar-refractivity contribution in [3.63, 3.8) is 0 Å². The van der Waals surface area contributed by atoms with Gasteiger partial charge in [-0.15, -0.1) is 0 Å². The Kier molecular flexibility index (Phi) is 6.05. The number of benzene rings is 2. The van der Waals surface area contributed by atoms with E-state index in [0.29, 0.717) is 10.9 Å². The van der Waals surface area contributed by atoms with Gasteiger partial charge in [-0.25, -0.2) is 4.98 Å². The minimum Gasteiger partial charge on any atom is -0.379 e. The molecule has 3 saturated heterocycles. The van der Waals surface area contributed by atoms with E-state index in [2.05, 4.69) is 48.9 Å². The number of piperidine rings is 1. The van der Waals surface area contributed by atoms with E-state index in [9.17, 15) is 9.59 Å². The van der Waals surface area contributed by atoms with Crippen molar-refractivity contribution in [1.29, 1.82) is 0 Å². The zero-order valence-corrected chi connectivity index (χ0v) is 20.2. The monoisotopic (exact) mass is 489 g/mol. The first-order valence-electron chi connectivity index (χ1n) is 12.0. The van der Waals surface area contributed by atoms with Gasteiger partial charge in [-0.05, 0) is 72.6 Å². The van der Waals surface area contributed by atoms with E-state index in [1.54, 1.807) is 6.08 Å². The number of carbonyl (C=O) groups is 2. The molecule has 3 aliphatic rings. The number of amides is 2. The summed E-state index contributed by atoms with van der Waals surface area (Å²) >= 11 is 0.926. The van der Waals surface area contributed by atoms with Gasteiger partial charge in [0, 0.05) is 43.6 Å². The van der Waals surface area contributed by atoms with Gasteiger partial charge in [-0.1, -0.05) is 6.07 Å². The number of anilines is 1. The maximum absolute atomic E-state index is 11.9. The molecule has 0 saturated carbocycles. The van der Waals surface area contributed by atoms with Gasteiger partial charge >= 0.3 is 0 Å². The van der Waals surface area contributed by atoms with Gasteiger partial charge in [0.1, 0.15) is 6.33 Å². The highest BCUT2D eigenvalue weighted by atomic mass is 32.2. The first-order chi connectivity index (χ1) is 17.1. The lowest BCUT2D eigenvalue weighted by Gasteiger charge is -2.40. The van der Waals surface area contributed by atoms with Gasteiger partial charge in [-0.3, -0.25) is 24.4 Å². The minimum absolute atomic E-state index is 0.335. The maximum atomic E-state index is 11.9. The third kappa shape index (κ3) is 4.59. The highest BCUT2D eigenvalue weighted by Gasteiger charge is 2.26. The topological polar surface area (TPSA) is 79.7 Å². The number of morpholine rings is 1. The number of thioether (sulfide) groups is 1. The molecule has 35 heavy (non-hydrogen) atoms. The summed E-state index contributed by atoms with van der Waals surface area (Å²) in [5, 5.41) is 1.96. The molecule has 3 aliphatic heterocycles. The smallest absolute Gasteiger partial charge is 0.290 e. The molecule has 3 aromatic rings. The van der Waals surface area contributed by atoms with Gasteiger partial charge in [0.2, 0.25) is 0 Å². The Morgan fingerprint density at radius 3 is 2.43 bits per heavy atom. The summed E-state index contributed by atoms with van der Waals surface area (Å²) in [6.45, 7) is 5.97.